The summed E-state index contributed by atoms with van der Waals surface area (Å²) in [5.74, 6) is -0.0515. The highest BCUT2D eigenvalue weighted by Crippen LogP contribution is 2.43. The number of alkyl carbamates (subject to hydrolysis) is 2. The van der Waals surface area contributed by atoms with E-state index in [0.717, 1.165) is 23.2 Å². The van der Waals surface area contributed by atoms with Crippen molar-refractivity contribution in [1.82, 2.24) is 20.9 Å². The van der Waals surface area contributed by atoms with Crippen LogP contribution in [0.3, 0.4) is 0 Å². The predicted molar refractivity (Wildman–Crippen MR) is 219 cm³/mol. The van der Waals surface area contributed by atoms with Gasteiger partial charge in [-0.3, -0.25) is 10.6 Å². The van der Waals surface area contributed by atoms with Crippen molar-refractivity contribution in [3.05, 3.63) is 60.7 Å². The minimum absolute atomic E-state index is 0.0502. The maximum absolute atomic E-state index is 14.1. The molecule has 3 aliphatic heterocycles. The third kappa shape index (κ3) is 9.96. The number of hydrogen-bond acceptors (Lipinski definition) is 12. The minimum atomic E-state index is -2.98. The molecule has 0 bridgehead atoms. The molecule has 16 heteroatoms. The number of methoxy groups -OCH3 is 1. The lowest BCUT2D eigenvalue weighted by atomic mass is 9.86. The quantitative estimate of drug-likeness (QED) is 0.142. The zero-order chi connectivity index (χ0) is 41.6. The highest BCUT2D eigenvalue weighted by atomic mass is 28.4. The topological polar surface area (TPSA) is 171 Å². The number of rotatable bonds is 13. The molecule has 3 aliphatic rings. The number of unbranched alkanes of at least 4 members (excludes halogenated alkanes) is 1. The number of aliphatic imine (C=N–C) groups is 2. The molecule has 15 nitrogen and oxygen atoms in total. The molecule has 57 heavy (non-hydrogen) atoms. The fraction of sp³-hybridized carbons (Fsp3) is 0.585. The van der Waals surface area contributed by atoms with Crippen LogP contribution in [0.15, 0.2) is 70.6 Å². The first-order chi connectivity index (χ1) is 26.8. The Morgan fingerprint density at radius 1 is 0.825 bits per heavy atom. The standard InChI is InChI=1S/C41H60N6O9Si/c1-38(2,3)55-35(48)44-33-43-32-30(27-52-25-18-17-24-51-10)42-34(45-36(49)56-39(4,5)6)47-37(50)54-31(41(32,47)46-33)23-26-53-57(40(7,8)9,28-19-13-11-14-20-28)29-21-15-12-16-22-29/h11-16,19-22,30-32H,17-18,23-27H2,1-10H3,(H,42,45,49)(H2,43,44,46,48)/t30-,31+,32-,41+/m0/s1. The summed E-state index contributed by atoms with van der Waals surface area (Å²) < 4.78 is 35.9. The van der Waals surface area contributed by atoms with Crippen molar-refractivity contribution < 1.29 is 42.5 Å². The molecule has 3 heterocycles. The number of cyclic esters (lactones) is 1. The Hall–Kier alpha value is -4.51. The fourth-order valence-corrected chi connectivity index (χ4v) is 12.1. The molecule has 3 N–H and O–H groups in total. The van der Waals surface area contributed by atoms with Gasteiger partial charge in [-0.2, -0.15) is 0 Å². The van der Waals surface area contributed by atoms with Crippen LogP contribution in [0.25, 0.3) is 0 Å². The van der Waals surface area contributed by atoms with Crippen LogP contribution in [-0.4, -0.2) is 112 Å². The molecule has 4 atom stereocenters. The molecule has 312 valence electrons. The largest absolute Gasteiger partial charge is 0.444 e. The average Bonchev–Trinajstić information content (AvgIpc) is 3.62. The van der Waals surface area contributed by atoms with Gasteiger partial charge in [0.2, 0.25) is 11.9 Å². The van der Waals surface area contributed by atoms with Crippen molar-refractivity contribution in [2.75, 3.05) is 33.5 Å². The Balaban J connectivity index is 1.53. The number of benzene rings is 2. The lowest BCUT2D eigenvalue weighted by Gasteiger charge is -2.45. The molecule has 3 amide bonds. The first kappa shape index (κ1) is 43.6. The van der Waals surface area contributed by atoms with Crippen molar-refractivity contribution in [3.8, 4) is 0 Å². The first-order valence-electron chi connectivity index (χ1n) is 19.6. The number of carbonyl (C=O) groups excluding carboxylic acids is 3. The van der Waals surface area contributed by atoms with E-state index in [0.29, 0.717) is 13.2 Å². The molecule has 2 aromatic carbocycles. The van der Waals surface area contributed by atoms with E-state index < -0.39 is 61.6 Å². The summed E-state index contributed by atoms with van der Waals surface area (Å²) in [6, 6.07) is 18.9. The van der Waals surface area contributed by atoms with E-state index in [2.05, 4.69) is 61.0 Å². The predicted octanol–water partition coefficient (Wildman–Crippen LogP) is 5.03. The summed E-state index contributed by atoms with van der Waals surface area (Å²) in [6.07, 6.45) is -1.48. The van der Waals surface area contributed by atoms with Gasteiger partial charge in [-0.15, -0.1) is 0 Å². The number of hydrogen-bond donors (Lipinski definition) is 3. The second-order valence-electron chi connectivity index (χ2n) is 17.4. The Labute approximate surface area is 337 Å². The van der Waals surface area contributed by atoms with E-state index in [1.807, 2.05) is 36.4 Å². The molecule has 0 aliphatic carbocycles. The second-order valence-corrected chi connectivity index (χ2v) is 21.7. The number of nitrogens with zero attached hydrogens (tertiary/aromatic N) is 3. The molecule has 0 saturated carbocycles. The van der Waals surface area contributed by atoms with Crippen LogP contribution in [0, 0.1) is 0 Å². The van der Waals surface area contributed by atoms with Gasteiger partial charge in [0, 0.05) is 33.4 Å². The zero-order valence-corrected chi connectivity index (χ0v) is 36.0. The molecule has 0 aromatic heterocycles. The highest BCUT2D eigenvalue weighted by molar-refractivity contribution is 6.99. The number of carbonyl (C=O) groups is 3. The first-order valence-corrected chi connectivity index (χ1v) is 21.5. The van der Waals surface area contributed by atoms with E-state index in [-0.39, 0.29) is 36.6 Å². The third-order valence-electron chi connectivity index (χ3n) is 9.71. The minimum Gasteiger partial charge on any atom is -0.444 e. The van der Waals surface area contributed by atoms with Crippen LogP contribution in [0.5, 0.6) is 0 Å². The molecular formula is C41H60N6O9Si. The SMILES string of the molecule is COCCCCOC[C@@H]1N=C(NC(=O)OC(C)(C)C)N2C(=O)O[C@H](CCO[Si](c3ccccc3)(c3ccccc3)C(C)(C)C)[C@@]23NC(NC(=O)OC(C)(C)C)=N[C@@H]13. The molecule has 1 spiro atoms. The summed E-state index contributed by atoms with van der Waals surface area (Å²) in [5.41, 5.74) is -3.11. The van der Waals surface area contributed by atoms with Crippen molar-refractivity contribution in [2.45, 2.75) is 122 Å². The van der Waals surface area contributed by atoms with Crippen molar-refractivity contribution in [2.24, 2.45) is 9.98 Å². The van der Waals surface area contributed by atoms with Crippen LogP contribution in [-0.2, 0) is 28.1 Å². The lowest BCUT2D eigenvalue weighted by Crippen LogP contribution is -2.74. The number of nitrogens with one attached hydrogen (secondary N) is 3. The van der Waals surface area contributed by atoms with Crippen LogP contribution in [0.1, 0.15) is 81.6 Å². The fourth-order valence-electron chi connectivity index (χ4n) is 7.57. The Bertz CT molecular complexity index is 1730. The number of amides is 3. The monoisotopic (exact) mass is 808 g/mol. The van der Waals surface area contributed by atoms with Gasteiger partial charge in [0.25, 0.3) is 8.32 Å². The van der Waals surface area contributed by atoms with Gasteiger partial charge >= 0.3 is 18.3 Å². The highest BCUT2D eigenvalue weighted by Gasteiger charge is 2.68. The summed E-state index contributed by atoms with van der Waals surface area (Å²) in [5, 5.41) is 10.7. The van der Waals surface area contributed by atoms with Crippen LogP contribution >= 0.6 is 0 Å². The van der Waals surface area contributed by atoms with Crippen LogP contribution in [0.4, 0.5) is 14.4 Å². The van der Waals surface area contributed by atoms with Crippen LogP contribution in [0.2, 0.25) is 5.04 Å². The van der Waals surface area contributed by atoms with E-state index in [9.17, 15) is 14.4 Å². The van der Waals surface area contributed by atoms with Gasteiger partial charge in [-0.05, 0) is 69.8 Å². The molecule has 2 aromatic rings. The Morgan fingerprint density at radius 3 is 1.93 bits per heavy atom. The van der Waals surface area contributed by atoms with Crippen molar-refractivity contribution in [3.63, 3.8) is 0 Å². The van der Waals surface area contributed by atoms with Gasteiger partial charge in [0.1, 0.15) is 23.3 Å². The maximum atomic E-state index is 14.1. The van der Waals surface area contributed by atoms with Gasteiger partial charge in [0.15, 0.2) is 11.8 Å². The van der Waals surface area contributed by atoms with E-state index >= 15 is 0 Å². The van der Waals surface area contributed by atoms with E-state index in [1.165, 1.54) is 4.90 Å². The van der Waals surface area contributed by atoms with Crippen molar-refractivity contribution >= 4 is 48.9 Å². The van der Waals surface area contributed by atoms with Crippen LogP contribution < -0.4 is 26.3 Å². The molecule has 1 fully saturated rings. The Morgan fingerprint density at radius 2 is 1.39 bits per heavy atom. The summed E-state index contributed by atoms with van der Waals surface area (Å²) in [6.45, 7) is 18.3. The third-order valence-corrected chi connectivity index (χ3v) is 14.8. The summed E-state index contributed by atoms with van der Waals surface area (Å²) >= 11 is 0. The molecule has 0 radical (unpaired) electrons. The molecular weight excluding hydrogens is 749 g/mol. The maximum Gasteiger partial charge on any atom is 0.419 e. The second kappa shape index (κ2) is 17.5. The zero-order valence-electron chi connectivity index (χ0n) is 35.0. The van der Waals surface area contributed by atoms with Gasteiger partial charge < -0.3 is 33.4 Å². The van der Waals surface area contributed by atoms with Crippen molar-refractivity contribution in [1.29, 1.82) is 0 Å². The lowest BCUT2D eigenvalue weighted by molar-refractivity contribution is 0.0333. The normalized spacial score (nSPS) is 22.0. The summed E-state index contributed by atoms with van der Waals surface area (Å²) in [7, 11) is -1.33. The molecule has 0 unspecified atom stereocenters. The molecule has 5 rings (SSSR count). The van der Waals surface area contributed by atoms with Gasteiger partial charge in [-0.1, -0.05) is 81.4 Å². The number of guanidine groups is 2. The van der Waals surface area contributed by atoms with E-state index in [1.54, 1.807) is 48.7 Å². The van der Waals surface area contributed by atoms with Gasteiger partial charge in [-0.25, -0.2) is 29.3 Å². The number of ether oxygens (including phenoxy) is 5. The van der Waals surface area contributed by atoms with E-state index in [4.69, 9.17) is 38.1 Å². The Kier molecular flexibility index (Phi) is 13.4. The smallest absolute Gasteiger partial charge is 0.419 e. The van der Waals surface area contributed by atoms with Gasteiger partial charge in [0.05, 0.1) is 6.61 Å². The summed E-state index contributed by atoms with van der Waals surface area (Å²) in [4.78, 5) is 51.5. The molecule has 1 saturated heterocycles. The average molecular weight is 809 g/mol.